The van der Waals surface area contributed by atoms with Gasteiger partial charge in [-0.3, -0.25) is 4.79 Å². The first-order valence-electron chi connectivity index (χ1n) is 7.38. The Bertz CT molecular complexity index is 603. The van der Waals surface area contributed by atoms with Gasteiger partial charge in [0.2, 0.25) is 5.91 Å². The van der Waals surface area contributed by atoms with Crippen LogP contribution in [0.5, 0.6) is 0 Å². The first kappa shape index (κ1) is 19.2. The number of carbonyl (C=O) groups excluding carboxylic acids is 1. The fourth-order valence-corrected chi connectivity index (χ4v) is 2.07. The first-order chi connectivity index (χ1) is 10.7. The van der Waals surface area contributed by atoms with Gasteiger partial charge in [0.1, 0.15) is 0 Å². The molecule has 124 valence electrons. The van der Waals surface area contributed by atoms with Crippen molar-refractivity contribution in [3.63, 3.8) is 0 Å². The van der Waals surface area contributed by atoms with Crippen molar-refractivity contribution in [1.82, 2.24) is 5.32 Å². The van der Waals surface area contributed by atoms with E-state index in [4.69, 9.17) is 10.5 Å². The maximum absolute atomic E-state index is 11.6. The van der Waals surface area contributed by atoms with Crippen LogP contribution in [0.4, 0.5) is 0 Å². The summed E-state index contributed by atoms with van der Waals surface area (Å²) in [5.41, 5.74) is 8.81. The van der Waals surface area contributed by atoms with Crippen LogP contribution in [0.25, 0.3) is 0 Å². The molecule has 2 aromatic rings. The van der Waals surface area contributed by atoms with Crippen molar-refractivity contribution >= 4 is 18.3 Å². The lowest BCUT2D eigenvalue weighted by molar-refractivity contribution is -0.122. The summed E-state index contributed by atoms with van der Waals surface area (Å²) in [4.78, 5) is 11.6. The van der Waals surface area contributed by atoms with E-state index in [-0.39, 0.29) is 18.3 Å². The number of ether oxygens (including phenoxy) is 1. The van der Waals surface area contributed by atoms with E-state index in [0.29, 0.717) is 19.8 Å². The zero-order chi connectivity index (χ0) is 15.8. The summed E-state index contributed by atoms with van der Waals surface area (Å²) in [5.74, 6) is -0.153. The third-order valence-corrected chi connectivity index (χ3v) is 3.35. The smallest absolute Gasteiger partial charge is 0.236 e. The average Bonchev–Trinajstić information content (AvgIpc) is 2.54. The largest absolute Gasteiger partial charge is 0.372 e. The third kappa shape index (κ3) is 6.40. The molecule has 0 unspecified atom stereocenters. The molecule has 0 aliphatic carbocycles. The van der Waals surface area contributed by atoms with E-state index in [9.17, 15) is 4.79 Å². The van der Waals surface area contributed by atoms with Gasteiger partial charge in [0, 0.05) is 6.54 Å². The summed E-state index contributed by atoms with van der Waals surface area (Å²) in [6.07, 6.45) is 0. The number of halogens is 1. The van der Waals surface area contributed by atoms with Crippen LogP contribution >= 0.6 is 12.4 Å². The maximum atomic E-state index is 11.6. The van der Waals surface area contributed by atoms with Gasteiger partial charge in [0.05, 0.1) is 19.3 Å². The van der Waals surface area contributed by atoms with Gasteiger partial charge in [0.25, 0.3) is 0 Å². The molecule has 0 bridgehead atoms. The zero-order valence-corrected chi connectivity index (χ0v) is 14.0. The van der Waals surface area contributed by atoms with Crippen LogP contribution in [-0.4, -0.2) is 11.9 Å². The predicted octanol–water partition coefficient (Wildman–Crippen LogP) is 2.79. The fraction of sp³-hybridized carbons (Fsp3) is 0.278. The Hall–Kier alpha value is -1.88. The highest BCUT2D eigenvalue weighted by molar-refractivity contribution is 5.85. The number of nitrogens with two attached hydrogens (primary N) is 1. The van der Waals surface area contributed by atoms with Crippen LogP contribution in [0, 0.1) is 0 Å². The van der Waals surface area contributed by atoms with Crippen molar-refractivity contribution in [2.45, 2.75) is 32.7 Å². The van der Waals surface area contributed by atoms with Crippen LogP contribution in [0.3, 0.4) is 0 Å². The van der Waals surface area contributed by atoms with Crippen LogP contribution in [0.1, 0.15) is 23.6 Å². The molecule has 2 aromatic carbocycles. The number of hydrogen-bond acceptors (Lipinski definition) is 3. The normalized spacial score (nSPS) is 11.4. The highest BCUT2D eigenvalue weighted by Gasteiger charge is 2.08. The highest BCUT2D eigenvalue weighted by atomic mass is 35.5. The minimum atomic E-state index is -0.499. The summed E-state index contributed by atoms with van der Waals surface area (Å²) >= 11 is 0. The molecule has 4 nitrogen and oxygen atoms in total. The van der Waals surface area contributed by atoms with Crippen molar-refractivity contribution in [3.05, 3.63) is 71.3 Å². The minimum absolute atomic E-state index is 0. The minimum Gasteiger partial charge on any atom is -0.372 e. The SMILES string of the molecule is C[C@@H](N)C(=O)NCc1ccccc1COCc1ccccc1.Cl. The van der Waals surface area contributed by atoms with E-state index in [1.165, 1.54) is 0 Å². The summed E-state index contributed by atoms with van der Waals surface area (Å²) in [6, 6.07) is 17.5. The fourth-order valence-electron chi connectivity index (χ4n) is 2.07. The Morgan fingerprint density at radius 2 is 1.65 bits per heavy atom. The third-order valence-electron chi connectivity index (χ3n) is 3.35. The summed E-state index contributed by atoms with van der Waals surface area (Å²) in [6.45, 7) is 3.22. The number of nitrogens with one attached hydrogen (secondary N) is 1. The van der Waals surface area contributed by atoms with Crippen LogP contribution in [0.2, 0.25) is 0 Å². The standard InChI is InChI=1S/C18H22N2O2.ClH/c1-14(19)18(21)20-11-16-9-5-6-10-17(16)13-22-12-15-7-3-2-4-8-15;/h2-10,14H,11-13,19H2,1H3,(H,20,21);1H/t14-;/m1./s1. The molecule has 3 N–H and O–H groups in total. The summed E-state index contributed by atoms with van der Waals surface area (Å²) in [7, 11) is 0. The second kappa shape index (κ2) is 10.0. The topological polar surface area (TPSA) is 64.4 Å². The molecular weight excluding hydrogens is 312 g/mol. The molecule has 23 heavy (non-hydrogen) atoms. The van der Waals surface area contributed by atoms with Gasteiger partial charge in [-0.1, -0.05) is 54.6 Å². The summed E-state index contributed by atoms with van der Waals surface area (Å²) < 4.78 is 5.76. The molecule has 5 heteroatoms. The molecule has 0 heterocycles. The van der Waals surface area contributed by atoms with Crippen molar-refractivity contribution in [1.29, 1.82) is 0 Å². The summed E-state index contributed by atoms with van der Waals surface area (Å²) in [5, 5.41) is 2.83. The number of carbonyl (C=O) groups is 1. The van der Waals surface area contributed by atoms with E-state index in [1.807, 2.05) is 54.6 Å². The lowest BCUT2D eigenvalue weighted by Crippen LogP contribution is -2.37. The quantitative estimate of drug-likeness (QED) is 0.818. The van der Waals surface area contributed by atoms with Crippen molar-refractivity contribution in [2.75, 3.05) is 0 Å². The molecule has 0 aliphatic heterocycles. The van der Waals surface area contributed by atoms with E-state index in [0.717, 1.165) is 16.7 Å². The van der Waals surface area contributed by atoms with Crippen LogP contribution in [-0.2, 0) is 29.3 Å². The zero-order valence-electron chi connectivity index (χ0n) is 13.2. The average molecular weight is 335 g/mol. The number of amides is 1. The lowest BCUT2D eigenvalue weighted by atomic mass is 10.1. The molecule has 1 atom stereocenters. The second-order valence-electron chi connectivity index (χ2n) is 5.25. The maximum Gasteiger partial charge on any atom is 0.236 e. The molecule has 0 spiro atoms. The molecule has 1 amide bonds. The molecule has 0 saturated heterocycles. The van der Waals surface area contributed by atoms with Crippen molar-refractivity contribution < 1.29 is 9.53 Å². The Balaban J connectivity index is 0.00000264. The Morgan fingerprint density at radius 1 is 1.04 bits per heavy atom. The number of rotatable bonds is 7. The molecule has 0 aliphatic rings. The Labute approximate surface area is 143 Å². The van der Waals surface area contributed by atoms with Gasteiger partial charge in [-0.25, -0.2) is 0 Å². The molecule has 0 radical (unpaired) electrons. The highest BCUT2D eigenvalue weighted by Crippen LogP contribution is 2.11. The molecule has 2 rings (SSSR count). The number of hydrogen-bond donors (Lipinski definition) is 2. The van der Waals surface area contributed by atoms with Gasteiger partial charge in [-0.05, 0) is 23.6 Å². The van der Waals surface area contributed by atoms with E-state index >= 15 is 0 Å². The molecule has 0 fully saturated rings. The van der Waals surface area contributed by atoms with Crippen LogP contribution in [0.15, 0.2) is 54.6 Å². The van der Waals surface area contributed by atoms with Gasteiger partial charge in [0.15, 0.2) is 0 Å². The monoisotopic (exact) mass is 334 g/mol. The van der Waals surface area contributed by atoms with Crippen molar-refractivity contribution in [3.8, 4) is 0 Å². The van der Waals surface area contributed by atoms with Gasteiger partial charge < -0.3 is 15.8 Å². The molecule has 0 saturated carbocycles. The molecule has 0 aromatic heterocycles. The molecular formula is C18H23ClN2O2. The Morgan fingerprint density at radius 3 is 2.30 bits per heavy atom. The van der Waals surface area contributed by atoms with Gasteiger partial charge in [-0.15, -0.1) is 12.4 Å². The number of benzene rings is 2. The van der Waals surface area contributed by atoms with E-state index < -0.39 is 6.04 Å². The van der Waals surface area contributed by atoms with Crippen molar-refractivity contribution in [2.24, 2.45) is 5.73 Å². The van der Waals surface area contributed by atoms with E-state index in [2.05, 4.69) is 5.32 Å². The lowest BCUT2D eigenvalue weighted by Gasteiger charge is -2.12. The van der Waals surface area contributed by atoms with E-state index in [1.54, 1.807) is 6.92 Å². The first-order valence-corrected chi connectivity index (χ1v) is 7.38. The predicted molar refractivity (Wildman–Crippen MR) is 94.1 cm³/mol. The van der Waals surface area contributed by atoms with Gasteiger partial charge in [-0.2, -0.15) is 0 Å². The Kier molecular flexibility index (Phi) is 8.33. The second-order valence-corrected chi connectivity index (χ2v) is 5.25. The van der Waals surface area contributed by atoms with Crippen LogP contribution < -0.4 is 11.1 Å². The van der Waals surface area contributed by atoms with Gasteiger partial charge >= 0.3 is 0 Å².